The molecule has 29 heavy (non-hydrogen) atoms. The zero-order chi connectivity index (χ0) is 20.2. The van der Waals surface area contributed by atoms with Gasteiger partial charge in [0, 0.05) is 23.2 Å². The molecule has 0 aliphatic carbocycles. The first-order valence-corrected chi connectivity index (χ1v) is 10.0. The Morgan fingerprint density at radius 2 is 1.93 bits per heavy atom. The molecule has 0 saturated carbocycles. The van der Waals surface area contributed by atoms with Crippen molar-refractivity contribution in [3.05, 3.63) is 65.2 Å². The molecule has 4 rings (SSSR count). The van der Waals surface area contributed by atoms with Crippen molar-refractivity contribution in [3.63, 3.8) is 0 Å². The number of aromatic nitrogens is 1. The number of nitrogens with zero attached hydrogens (tertiary/aromatic N) is 2. The highest BCUT2D eigenvalue weighted by molar-refractivity contribution is 7.14. The quantitative estimate of drug-likeness (QED) is 0.671. The molecule has 0 unspecified atom stereocenters. The van der Waals surface area contributed by atoms with Gasteiger partial charge in [0.15, 0.2) is 16.6 Å². The molecule has 0 saturated heterocycles. The van der Waals surface area contributed by atoms with Gasteiger partial charge in [0.1, 0.15) is 0 Å². The van der Waals surface area contributed by atoms with Gasteiger partial charge in [-0.1, -0.05) is 18.2 Å². The van der Waals surface area contributed by atoms with Gasteiger partial charge in [0.2, 0.25) is 12.7 Å². The molecule has 0 spiro atoms. The van der Waals surface area contributed by atoms with E-state index in [1.165, 1.54) is 11.3 Å². The molecule has 3 aromatic rings. The first-order chi connectivity index (χ1) is 14.1. The maximum atomic E-state index is 12.7. The van der Waals surface area contributed by atoms with Crippen LogP contribution in [0.15, 0.2) is 53.9 Å². The first kappa shape index (κ1) is 18.9. The highest BCUT2D eigenvalue weighted by atomic mass is 32.1. The van der Waals surface area contributed by atoms with Crippen LogP contribution in [-0.2, 0) is 11.2 Å². The third kappa shape index (κ3) is 4.22. The maximum absolute atomic E-state index is 12.7. The molecule has 1 N–H and O–H groups in total. The molecule has 8 heteroatoms. The number of benzene rings is 2. The monoisotopic (exact) mass is 409 g/mol. The summed E-state index contributed by atoms with van der Waals surface area (Å²) in [5.74, 6) is 0.826. The molecule has 2 amide bonds. The van der Waals surface area contributed by atoms with Crippen molar-refractivity contribution >= 4 is 34.0 Å². The molecule has 0 atom stereocenters. The smallest absolute Gasteiger partial charge is 0.257 e. The minimum atomic E-state index is -0.296. The fraction of sp³-hybridized carbons (Fsp3) is 0.190. The second-order valence-electron chi connectivity index (χ2n) is 6.32. The van der Waals surface area contributed by atoms with Crippen molar-refractivity contribution in [2.75, 3.05) is 23.6 Å². The van der Waals surface area contributed by atoms with Crippen molar-refractivity contribution in [3.8, 4) is 11.5 Å². The third-order valence-electron chi connectivity index (χ3n) is 4.42. The summed E-state index contributed by atoms with van der Waals surface area (Å²) in [7, 11) is 0. The molecule has 0 fully saturated rings. The molecule has 1 aliphatic heterocycles. The van der Waals surface area contributed by atoms with Crippen LogP contribution < -0.4 is 19.7 Å². The van der Waals surface area contributed by atoms with Gasteiger partial charge >= 0.3 is 0 Å². The van der Waals surface area contributed by atoms with Crippen LogP contribution in [0.4, 0.5) is 10.8 Å². The molecule has 7 nitrogen and oxygen atoms in total. The number of likely N-dealkylation sites (N-methyl/N-ethyl adjacent to an activating group) is 1. The fourth-order valence-corrected chi connectivity index (χ4v) is 3.72. The van der Waals surface area contributed by atoms with Crippen molar-refractivity contribution in [2.24, 2.45) is 0 Å². The largest absolute Gasteiger partial charge is 0.454 e. The standard InChI is InChI=1S/C21H19N3O4S/c1-2-24(16-6-4-3-5-7-16)19(25)11-15-12-29-21(22-15)23-20(26)14-8-9-17-18(10-14)28-13-27-17/h3-10,12H,2,11,13H2,1H3,(H,22,23,26). The number of anilines is 2. The van der Waals surface area contributed by atoms with Gasteiger partial charge in [0.25, 0.3) is 5.91 Å². The van der Waals surface area contributed by atoms with Crippen LogP contribution in [0.5, 0.6) is 11.5 Å². The van der Waals surface area contributed by atoms with E-state index >= 15 is 0 Å². The Kier molecular flexibility index (Phi) is 5.44. The summed E-state index contributed by atoms with van der Waals surface area (Å²) in [6.45, 7) is 2.66. The van der Waals surface area contributed by atoms with Gasteiger partial charge in [-0.2, -0.15) is 0 Å². The second kappa shape index (κ2) is 8.32. The number of para-hydroxylation sites is 1. The lowest BCUT2D eigenvalue weighted by molar-refractivity contribution is -0.118. The van der Waals surface area contributed by atoms with Crippen LogP contribution in [0.3, 0.4) is 0 Å². The molecule has 148 valence electrons. The van der Waals surface area contributed by atoms with E-state index in [1.54, 1.807) is 28.5 Å². The number of thiazole rings is 1. The average Bonchev–Trinajstić information content (AvgIpc) is 3.38. The zero-order valence-electron chi connectivity index (χ0n) is 15.8. The Balaban J connectivity index is 1.40. The summed E-state index contributed by atoms with van der Waals surface area (Å²) in [6.07, 6.45) is 0.166. The van der Waals surface area contributed by atoms with Gasteiger partial charge < -0.3 is 14.4 Å². The summed E-state index contributed by atoms with van der Waals surface area (Å²) < 4.78 is 10.6. The molecular formula is C21H19N3O4S. The maximum Gasteiger partial charge on any atom is 0.257 e. The van der Waals surface area contributed by atoms with Crippen LogP contribution >= 0.6 is 11.3 Å². The number of hydrogen-bond donors (Lipinski definition) is 1. The van der Waals surface area contributed by atoms with Crippen LogP contribution in [0.25, 0.3) is 0 Å². The Bertz CT molecular complexity index is 1040. The van der Waals surface area contributed by atoms with E-state index < -0.39 is 0 Å². The number of nitrogens with one attached hydrogen (secondary N) is 1. The summed E-state index contributed by atoms with van der Waals surface area (Å²) in [4.78, 5) is 31.2. The third-order valence-corrected chi connectivity index (χ3v) is 5.23. The number of fused-ring (bicyclic) bond motifs is 1. The summed E-state index contributed by atoms with van der Waals surface area (Å²) in [5, 5.41) is 4.99. The van der Waals surface area contributed by atoms with E-state index in [4.69, 9.17) is 9.47 Å². The lowest BCUT2D eigenvalue weighted by Crippen LogP contribution is -2.32. The van der Waals surface area contributed by atoms with E-state index in [1.807, 2.05) is 37.3 Å². The topological polar surface area (TPSA) is 80.8 Å². The number of carbonyl (C=O) groups is 2. The minimum absolute atomic E-state index is 0.0438. The Hall–Kier alpha value is -3.39. The molecular weight excluding hydrogens is 390 g/mol. The van der Waals surface area contributed by atoms with Crippen LogP contribution in [0.1, 0.15) is 23.0 Å². The van der Waals surface area contributed by atoms with Crippen molar-refractivity contribution in [2.45, 2.75) is 13.3 Å². The van der Waals surface area contributed by atoms with Crippen molar-refractivity contribution < 1.29 is 19.1 Å². The van der Waals surface area contributed by atoms with Gasteiger partial charge in [0.05, 0.1) is 12.1 Å². The van der Waals surface area contributed by atoms with E-state index in [-0.39, 0.29) is 25.0 Å². The number of amides is 2. The Morgan fingerprint density at radius 1 is 1.14 bits per heavy atom. The number of rotatable bonds is 6. The molecule has 0 bridgehead atoms. The van der Waals surface area contributed by atoms with E-state index in [9.17, 15) is 9.59 Å². The number of hydrogen-bond acceptors (Lipinski definition) is 6. The van der Waals surface area contributed by atoms with Crippen LogP contribution in [0, 0.1) is 0 Å². The van der Waals surface area contributed by atoms with Crippen molar-refractivity contribution in [1.29, 1.82) is 0 Å². The summed E-state index contributed by atoms with van der Waals surface area (Å²) in [5.41, 5.74) is 1.92. The summed E-state index contributed by atoms with van der Waals surface area (Å²) in [6, 6.07) is 14.5. The second-order valence-corrected chi connectivity index (χ2v) is 7.17. The summed E-state index contributed by atoms with van der Waals surface area (Å²) >= 11 is 1.29. The average molecular weight is 409 g/mol. The van der Waals surface area contributed by atoms with Gasteiger partial charge in [-0.25, -0.2) is 4.98 Å². The highest BCUT2D eigenvalue weighted by Crippen LogP contribution is 2.32. The normalized spacial score (nSPS) is 11.9. The van der Waals surface area contributed by atoms with Gasteiger partial charge in [-0.05, 0) is 37.3 Å². The lowest BCUT2D eigenvalue weighted by atomic mass is 10.2. The first-order valence-electron chi connectivity index (χ1n) is 9.15. The molecule has 0 radical (unpaired) electrons. The van der Waals surface area contributed by atoms with Crippen LogP contribution in [-0.4, -0.2) is 30.1 Å². The predicted octanol–water partition coefficient (Wildman–Crippen LogP) is 3.72. The van der Waals surface area contributed by atoms with Gasteiger partial charge in [-0.3, -0.25) is 14.9 Å². The SMILES string of the molecule is CCN(C(=O)Cc1csc(NC(=O)c2ccc3c(c2)OCO3)n1)c1ccccc1. The molecule has 2 aromatic carbocycles. The zero-order valence-corrected chi connectivity index (χ0v) is 16.6. The van der Waals surface area contributed by atoms with E-state index in [2.05, 4.69) is 10.3 Å². The molecule has 2 heterocycles. The van der Waals surface area contributed by atoms with E-state index in [0.717, 1.165) is 5.69 Å². The van der Waals surface area contributed by atoms with Gasteiger partial charge in [-0.15, -0.1) is 11.3 Å². The molecule has 1 aromatic heterocycles. The molecule has 1 aliphatic rings. The predicted molar refractivity (Wildman–Crippen MR) is 111 cm³/mol. The minimum Gasteiger partial charge on any atom is -0.454 e. The fourth-order valence-electron chi connectivity index (χ4n) is 3.01. The lowest BCUT2D eigenvalue weighted by Gasteiger charge is -2.20. The Labute approximate surface area is 171 Å². The van der Waals surface area contributed by atoms with Crippen molar-refractivity contribution in [1.82, 2.24) is 4.98 Å². The number of carbonyl (C=O) groups excluding carboxylic acids is 2. The number of ether oxygens (including phenoxy) is 2. The van der Waals surface area contributed by atoms with Crippen LogP contribution in [0.2, 0.25) is 0 Å². The van der Waals surface area contributed by atoms with E-state index in [0.29, 0.717) is 34.4 Å². The Morgan fingerprint density at radius 3 is 2.72 bits per heavy atom. The highest BCUT2D eigenvalue weighted by Gasteiger charge is 2.18.